The largest absolute Gasteiger partial charge is 0.323 e. The molecule has 2 atom stereocenters. The zero-order valence-electron chi connectivity index (χ0n) is 9.40. The number of rotatable bonds is 5. The minimum absolute atomic E-state index is 0.129. The first-order valence-electron chi connectivity index (χ1n) is 5.38. The van der Waals surface area contributed by atoms with Gasteiger partial charge < -0.3 is 5.73 Å². The van der Waals surface area contributed by atoms with Crippen LogP contribution in [-0.2, 0) is 7.05 Å². The smallest absolute Gasteiger partial charge is 0.0548 e. The predicted molar refractivity (Wildman–Crippen MR) is 58.8 cm³/mol. The molecule has 0 fully saturated rings. The minimum Gasteiger partial charge on any atom is -0.323 e. The van der Waals surface area contributed by atoms with Crippen molar-refractivity contribution in [1.29, 1.82) is 0 Å². The molecular weight excluding hydrogens is 174 g/mol. The van der Waals surface area contributed by atoms with E-state index in [0.717, 1.165) is 12.1 Å². The van der Waals surface area contributed by atoms with Gasteiger partial charge in [0.1, 0.15) is 0 Å². The second-order valence-corrected chi connectivity index (χ2v) is 4.12. The Hall–Kier alpha value is -0.830. The Morgan fingerprint density at radius 2 is 2.29 bits per heavy atom. The van der Waals surface area contributed by atoms with Gasteiger partial charge in [0.25, 0.3) is 0 Å². The molecule has 1 rings (SSSR count). The monoisotopic (exact) mass is 195 g/mol. The van der Waals surface area contributed by atoms with E-state index < -0.39 is 0 Å². The molecule has 80 valence electrons. The number of nitrogens with zero attached hydrogens (tertiary/aromatic N) is 2. The first-order chi connectivity index (χ1) is 6.65. The topological polar surface area (TPSA) is 43.8 Å². The molecule has 2 N–H and O–H groups in total. The maximum atomic E-state index is 6.11. The van der Waals surface area contributed by atoms with E-state index in [0.29, 0.717) is 5.92 Å². The molecule has 1 heterocycles. The van der Waals surface area contributed by atoms with Crippen LogP contribution >= 0.6 is 0 Å². The quantitative estimate of drug-likeness (QED) is 0.783. The van der Waals surface area contributed by atoms with Crippen LogP contribution in [0.4, 0.5) is 0 Å². The molecule has 1 aromatic rings. The van der Waals surface area contributed by atoms with E-state index in [4.69, 9.17) is 5.73 Å². The highest BCUT2D eigenvalue weighted by Crippen LogP contribution is 2.20. The van der Waals surface area contributed by atoms with Crippen LogP contribution in [0.25, 0.3) is 0 Å². The third kappa shape index (κ3) is 2.84. The second-order valence-electron chi connectivity index (χ2n) is 4.12. The lowest BCUT2D eigenvalue weighted by Crippen LogP contribution is -2.17. The van der Waals surface area contributed by atoms with E-state index in [-0.39, 0.29) is 6.04 Å². The number of nitrogens with two attached hydrogens (primary N) is 1. The Labute approximate surface area is 86.3 Å². The summed E-state index contributed by atoms with van der Waals surface area (Å²) in [5.41, 5.74) is 7.24. The Bertz CT molecular complexity index is 267. The summed E-state index contributed by atoms with van der Waals surface area (Å²) in [5.74, 6) is 0.699. The van der Waals surface area contributed by atoms with Gasteiger partial charge in [-0.1, -0.05) is 26.7 Å². The molecule has 14 heavy (non-hydrogen) atoms. The van der Waals surface area contributed by atoms with Crippen LogP contribution in [0.15, 0.2) is 12.3 Å². The van der Waals surface area contributed by atoms with Crippen molar-refractivity contribution in [2.45, 2.75) is 39.2 Å². The first-order valence-corrected chi connectivity index (χ1v) is 5.38. The highest BCUT2D eigenvalue weighted by molar-refractivity contribution is 5.05. The summed E-state index contributed by atoms with van der Waals surface area (Å²) < 4.78 is 1.86. The van der Waals surface area contributed by atoms with E-state index >= 15 is 0 Å². The van der Waals surface area contributed by atoms with E-state index in [1.54, 1.807) is 6.20 Å². The van der Waals surface area contributed by atoms with Gasteiger partial charge in [-0.05, 0) is 18.4 Å². The van der Waals surface area contributed by atoms with Gasteiger partial charge in [-0.3, -0.25) is 4.68 Å². The summed E-state index contributed by atoms with van der Waals surface area (Å²) >= 11 is 0. The Morgan fingerprint density at radius 1 is 1.57 bits per heavy atom. The molecule has 0 radical (unpaired) electrons. The van der Waals surface area contributed by atoms with Gasteiger partial charge >= 0.3 is 0 Å². The van der Waals surface area contributed by atoms with Gasteiger partial charge in [0.05, 0.1) is 5.69 Å². The van der Waals surface area contributed by atoms with E-state index in [1.807, 2.05) is 17.8 Å². The molecular formula is C11H21N3. The lowest BCUT2D eigenvalue weighted by atomic mass is 9.96. The van der Waals surface area contributed by atoms with Crippen molar-refractivity contribution in [3.63, 3.8) is 0 Å². The Balaban J connectivity index is 2.50. The highest BCUT2D eigenvalue weighted by Gasteiger charge is 2.13. The van der Waals surface area contributed by atoms with Crippen molar-refractivity contribution >= 4 is 0 Å². The van der Waals surface area contributed by atoms with Crippen LogP contribution in [0.2, 0.25) is 0 Å². The summed E-state index contributed by atoms with van der Waals surface area (Å²) in [7, 11) is 1.94. The van der Waals surface area contributed by atoms with Gasteiger partial charge in [0, 0.05) is 19.3 Å². The summed E-state index contributed by atoms with van der Waals surface area (Å²) in [4.78, 5) is 0. The summed E-state index contributed by atoms with van der Waals surface area (Å²) in [6.45, 7) is 4.48. The fourth-order valence-corrected chi connectivity index (χ4v) is 1.91. The van der Waals surface area contributed by atoms with Crippen LogP contribution in [0.5, 0.6) is 0 Å². The molecule has 0 aliphatic rings. The van der Waals surface area contributed by atoms with Crippen LogP contribution in [0.1, 0.15) is 44.8 Å². The third-order valence-corrected chi connectivity index (χ3v) is 2.68. The Morgan fingerprint density at radius 3 is 2.79 bits per heavy atom. The maximum Gasteiger partial charge on any atom is 0.0548 e. The van der Waals surface area contributed by atoms with Gasteiger partial charge in [-0.25, -0.2) is 0 Å². The van der Waals surface area contributed by atoms with Crippen LogP contribution in [-0.4, -0.2) is 9.78 Å². The van der Waals surface area contributed by atoms with Crippen molar-refractivity contribution in [1.82, 2.24) is 9.78 Å². The average Bonchev–Trinajstić information content (AvgIpc) is 2.51. The van der Waals surface area contributed by atoms with Gasteiger partial charge in [-0.15, -0.1) is 0 Å². The molecule has 3 heteroatoms. The maximum absolute atomic E-state index is 6.11. The first kappa shape index (κ1) is 11.2. The van der Waals surface area contributed by atoms with Crippen molar-refractivity contribution in [3.05, 3.63) is 18.0 Å². The van der Waals surface area contributed by atoms with Crippen LogP contribution < -0.4 is 5.73 Å². The molecule has 0 bridgehead atoms. The number of aromatic nitrogens is 2. The van der Waals surface area contributed by atoms with Crippen LogP contribution in [0, 0.1) is 5.92 Å². The summed E-state index contributed by atoms with van der Waals surface area (Å²) in [6.07, 6.45) is 5.35. The van der Waals surface area contributed by atoms with Gasteiger partial charge in [0.15, 0.2) is 0 Å². The second kappa shape index (κ2) is 5.15. The molecule has 0 saturated carbocycles. The number of aryl methyl sites for hydroxylation is 1. The van der Waals surface area contributed by atoms with E-state index in [2.05, 4.69) is 18.9 Å². The predicted octanol–water partition coefficient (Wildman–Crippen LogP) is 2.25. The zero-order chi connectivity index (χ0) is 10.6. The van der Waals surface area contributed by atoms with Crippen LogP contribution in [0.3, 0.4) is 0 Å². The highest BCUT2D eigenvalue weighted by atomic mass is 15.3. The van der Waals surface area contributed by atoms with Crippen molar-refractivity contribution in [3.8, 4) is 0 Å². The third-order valence-electron chi connectivity index (χ3n) is 2.68. The standard InChI is InChI=1S/C11H21N3/c1-4-5-9(2)8-10(12)11-6-7-13-14(11)3/h6-7,9-10H,4-5,8,12H2,1-3H3. The minimum atomic E-state index is 0.129. The molecule has 1 aromatic heterocycles. The van der Waals surface area contributed by atoms with E-state index in [1.165, 1.54) is 12.8 Å². The normalized spacial score (nSPS) is 15.4. The molecule has 0 saturated heterocycles. The number of hydrogen-bond acceptors (Lipinski definition) is 2. The molecule has 3 nitrogen and oxygen atoms in total. The zero-order valence-corrected chi connectivity index (χ0v) is 9.40. The van der Waals surface area contributed by atoms with Crippen molar-refractivity contribution in [2.75, 3.05) is 0 Å². The lowest BCUT2D eigenvalue weighted by Gasteiger charge is -2.16. The Kier molecular flexibility index (Phi) is 4.14. The SMILES string of the molecule is CCCC(C)CC(N)c1ccnn1C. The summed E-state index contributed by atoms with van der Waals surface area (Å²) in [6, 6.07) is 2.13. The van der Waals surface area contributed by atoms with Crippen molar-refractivity contribution in [2.24, 2.45) is 18.7 Å². The van der Waals surface area contributed by atoms with Crippen molar-refractivity contribution < 1.29 is 0 Å². The molecule has 0 amide bonds. The molecule has 0 spiro atoms. The molecule has 2 unspecified atom stereocenters. The molecule has 0 aliphatic heterocycles. The van der Waals surface area contributed by atoms with Gasteiger partial charge in [-0.2, -0.15) is 5.10 Å². The molecule has 0 aliphatic carbocycles. The fourth-order valence-electron chi connectivity index (χ4n) is 1.91. The fraction of sp³-hybridized carbons (Fsp3) is 0.727. The number of hydrogen-bond donors (Lipinski definition) is 1. The average molecular weight is 195 g/mol. The summed E-state index contributed by atoms with van der Waals surface area (Å²) in [5, 5.41) is 4.13. The molecule has 0 aromatic carbocycles. The van der Waals surface area contributed by atoms with Gasteiger partial charge in [0.2, 0.25) is 0 Å². The van der Waals surface area contributed by atoms with E-state index in [9.17, 15) is 0 Å². The lowest BCUT2D eigenvalue weighted by molar-refractivity contribution is 0.427.